The number of benzene rings is 1. The fourth-order valence-corrected chi connectivity index (χ4v) is 1.39. The summed E-state index contributed by atoms with van der Waals surface area (Å²) in [4.78, 5) is 0. The molecule has 0 saturated heterocycles. The molecule has 0 saturated carbocycles. The van der Waals surface area contributed by atoms with E-state index in [1.165, 1.54) is 7.11 Å². The van der Waals surface area contributed by atoms with Crippen LogP contribution in [0.25, 0.3) is 0 Å². The van der Waals surface area contributed by atoms with E-state index in [-0.39, 0.29) is 6.61 Å². The van der Waals surface area contributed by atoms with Gasteiger partial charge in [0.2, 0.25) is 5.89 Å². The first-order chi connectivity index (χ1) is 8.72. The Balaban J connectivity index is 2.12. The van der Waals surface area contributed by atoms with Gasteiger partial charge in [0.25, 0.3) is 5.89 Å². The van der Waals surface area contributed by atoms with E-state index in [1.54, 1.807) is 25.1 Å². The highest BCUT2D eigenvalue weighted by Gasteiger charge is 2.08. The molecule has 0 aliphatic heterocycles. The molecular formula is C12H11N3O3. The summed E-state index contributed by atoms with van der Waals surface area (Å²) in [5.41, 5.74) is 0.507. The lowest BCUT2D eigenvalue weighted by molar-refractivity contribution is 0.248. The average Bonchev–Trinajstić information content (AvgIpc) is 2.82. The number of ether oxygens (including phenoxy) is 2. The summed E-state index contributed by atoms with van der Waals surface area (Å²) in [6.45, 7) is 1.86. The Morgan fingerprint density at radius 2 is 2.17 bits per heavy atom. The molecule has 1 heterocycles. The van der Waals surface area contributed by atoms with E-state index in [9.17, 15) is 0 Å². The van der Waals surface area contributed by atoms with Crippen molar-refractivity contribution in [1.29, 1.82) is 5.26 Å². The fourth-order valence-electron chi connectivity index (χ4n) is 1.39. The normalized spacial score (nSPS) is 9.83. The molecule has 0 amide bonds. The van der Waals surface area contributed by atoms with Crippen molar-refractivity contribution in [2.75, 3.05) is 7.11 Å². The van der Waals surface area contributed by atoms with Crippen molar-refractivity contribution in [2.24, 2.45) is 0 Å². The second-order valence-electron chi connectivity index (χ2n) is 3.48. The number of rotatable bonds is 4. The van der Waals surface area contributed by atoms with Crippen LogP contribution >= 0.6 is 0 Å². The minimum Gasteiger partial charge on any atom is -0.493 e. The van der Waals surface area contributed by atoms with E-state index in [0.29, 0.717) is 28.8 Å². The number of nitriles is 1. The van der Waals surface area contributed by atoms with E-state index < -0.39 is 0 Å². The molecule has 0 unspecified atom stereocenters. The monoisotopic (exact) mass is 245 g/mol. The van der Waals surface area contributed by atoms with Crippen LogP contribution < -0.4 is 9.47 Å². The second-order valence-corrected chi connectivity index (χ2v) is 3.48. The van der Waals surface area contributed by atoms with Crippen LogP contribution in [0, 0.1) is 18.3 Å². The number of hydrogen-bond donors (Lipinski definition) is 0. The lowest BCUT2D eigenvalue weighted by Gasteiger charge is -2.08. The number of nitrogens with zero attached hydrogens (tertiary/aromatic N) is 3. The molecule has 0 bridgehead atoms. The molecule has 92 valence electrons. The van der Waals surface area contributed by atoms with Gasteiger partial charge in [0.1, 0.15) is 0 Å². The van der Waals surface area contributed by atoms with Crippen LogP contribution in [0.3, 0.4) is 0 Å². The maximum atomic E-state index is 8.78. The van der Waals surface area contributed by atoms with Crippen molar-refractivity contribution in [1.82, 2.24) is 10.2 Å². The van der Waals surface area contributed by atoms with Gasteiger partial charge < -0.3 is 13.9 Å². The lowest BCUT2D eigenvalue weighted by atomic mass is 10.2. The Kier molecular flexibility index (Phi) is 3.44. The predicted octanol–water partition coefficient (Wildman–Crippen LogP) is 1.84. The standard InChI is InChI=1S/C12H11N3O3/c1-8-14-15-12(18-8)7-17-10-4-3-9(6-13)5-11(10)16-2/h3-5H,7H2,1-2H3. The summed E-state index contributed by atoms with van der Waals surface area (Å²) in [6, 6.07) is 6.95. The molecule has 2 rings (SSSR count). The summed E-state index contributed by atoms with van der Waals surface area (Å²) in [5.74, 6) is 1.89. The third-order valence-corrected chi connectivity index (χ3v) is 2.21. The van der Waals surface area contributed by atoms with Crippen LogP contribution in [-0.2, 0) is 6.61 Å². The van der Waals surface area contributed by atoms with E-state index in [2.05, 4.69) is 10.2 Å². The third-order valence-electron chi connectivity index (χ3n) is 2.21. The minimum atomic E-state index is 0.156. The van der Waals surface area contributed by atoms with Crippen LogP contribution in [-0.4, -0.2) is 17.3 Å². The van der Waals surface area contributed by atoms with Crippen LogP contribution in [0.2, 0.25) is 0 Å². The van der Waals surface area contributed by atoms with Gasteiger partial charge in [-0.3, -0.25) is 0 Å². The zero-order chi connectivity index (χ0) is 13.0. The van der Waals surface area contributed by atoms with Gasteiger partial charge in [-0.15, -0.1) is 10.2 Å². The van der Waals surface area contributed by atoms with Crippen molar-refractivity contribution in [3.05, 3.63) is 35.5 Å². The highest BCUT2D eigenvalue weighted by molar-refractivity contribution is 5.46. The van der Waals surface area contributed by atoms with Crippen LogP contribution in [0.4, 0.5) is 0 Å². The summed E-state index contributed by atoms with van der Waals surface area (Å²) < 4.78 is 15.8. The van der Waals surface area contributed by atoms with Gasteiger partial charge in [0.15, 0.2) is 18.1 Å². The molecular weight excluding hydrogens is 234 g/mol. The Labute approximate surface area is 104 Å². The Morgan fingerprint density at radius 3 is 2.78 bits per heavy atom. The van der Waals surface area contributed by atoms with Crippen molar-refractivity contribution >= 4 is 0 Å². The summed E-state index contributed by atoms with van der Waals surface area (Å²) >= 11 is 0. The zero-order valence-corrected chi connectivity index (χ0v) is 10.0. The topological polar surface area (TPSA) is 81.2 Å². The van der Waals surface area contributed by atoms with Gasteiger partial charge in [-0.2, -0.15) is 5.26 Å². The second kappa shape index (κ2) is 5.19. The first-order valence-corrected chi connectivity index (χ1v) is 5.23. The maximum Gasteiger partial charge on any atom is 0.253 e. The molecule has 1 aromatic heterocycles. The predicted molar refractivity (Wildman–Crippen MR) is 61.1 cm³/mol. The largest absolute Gasteiger partial charge is 0.493 e. The third kappa shape index (κ3) is 2.58. The van der Waals surface area contributed by atoms with E-state index in [0.717, 1.165) is 0 Å². The van der Waals surface area contributed by atoms with Crippen molar-refractivity contribution in [3.63, 3.8) is 0 Å². The van der Waals surface area contributed by atoms with Crippen LogP contribution in [0.1, 0.15) is 17.3 Å². The molecule has 1 aromatic carbocycles. The van der Waals surface area contributed by atoms with Crippen LogP contribution in [0.15, 0.2) is 22.6 Å². The van der Waals surface area contributed by atoms with Crippen molar-refractivity contribution < 1.29 is 13.9 Å². The highest BCUT2D eigenvalue weighted by atomic mass is 16.5. The van der Waals surface area contributed by atoms with Gasteiger partial charge in [0.05, 0.1) is 18.7 Å². The Hall–Kier alpha value is -2.55. The molecule has 6 heteroatoms. The minimum absolute atomic E-state index is 0.156. The van der Waals surface area contributed by atoms with Gasteiger partial charge in [-0.1, -0.05) is 0 Å². The van der Waals surface area contributed by atoms with Gasteiger partial charge in [-0.05, 0) is 12.1 Å². The molecule has 0 fully saturated rings. The Morgan fingerprint density at radius 1 is 1.33 bits per heavy atom. The van der Waals surface area contributed by atoms with Gasteiger partial charge in [-0.25, -0.2) is 0 Å². The van der Waals surface area contributed by atoms with Crippen LogP contribution in [0.5, 0.6) is 11.5 Å². The maximum absolute atomic E-state index is 8.78. The molecule has 6 nitrogen and oxygen atoms in total. The molecule has 0 spiro atoms. The summed E-state index contributed by atoms with van der Waals surface area (Å²) in [7, 11) is 1.51. The molecule has 18 heavy (non-hydrogen) atoms. The Bertz CT molecular complexity index is 586. The van der Waals surface area contributed by atoms with E-state index >= 15 is 0 Å². The molecule has 0 N–H and O–H groups in total. The molecule has 0 atom stereocenters. The van der Waals surface area contributed by atoms with Crippen molar-refractivity contribution in [3.8, 4) is 17.6 Å². The zero-order valence-electron chi connectivity index (χ0n) is 10.0. The first kappa shape index (κ1) is 11.9. The number of aryl methyl sites for hydroxylation is 1. The van der Waals surface area contributed by atoms with Gasteiger partial charge >= 0.3 is 0 Å². The molecule has 0 radical (unpaired) electrons. The number of methoxy groups -OCH3 is 1. The number of hydrogen-bond acceptors (Lipinski definition) is 6. The number of aromatic nitrogens is 2. The van der Waals surface area contributed by atoms with Gasteiger partial charge in [0, 0.05) is 13.0 Å². The molecule has 2 aromatic rings. The molecule has 0 aliphatic rings. The SMILES string of the molecule is COc1cc(C#N)ccc1OCc1nnc(C)o1. The smallest absolute Gasteiger partial charge is 0.253 e. The average molecular weight is 245 g/mol. The summed E-state index contributed by atoms with van der Waals surface area (Å²) in [6.07, 6.45) is 0. The quantitative estimate of drug-likeness (QED) is 0.817. The van der Waals surface area contributed by atoms with E-state index in [1.807, 2.05) is 6.07 Å². The fraction of sp³-hybridized carbons (Fsp3) is 0.250. The van der Waals surface area contributed by atoms with E-state index in [4.69, 9.17) is 19.2 Å². The molecule has 0 aliphatic carbocycles. The van der Waals surface area contributed by atoms with Crippen molar-refractivity contribution in [2.45, 2.75) is 13.5 Å². The first-order valence-electron chi connectivity index (χ1n) is 5.23. The highest BCUT2D eigenvalue weighted by Crippen LogP contribution is 2.28. The lowest BCUT2D eigenvalue weighted by Crippen LogP contribution is -1.98. The summed E-state index contributed by atoms with van der Waals surface area (Å²) in [5, 5.41) is 16.3.